The van der Waals surface area contributed by atoms with Crippen LogP contribution in [0.25, 0.3) is 32.9 Å². The van der Waals surface area contributed by atoms with Crippen LogP contribution < -0.4 is 0 Å². The van der Waals surface area contributed by atoms with Gasteiger partial charge in [0.25, 0.3) is 0 Å². The van der Waals surface area contributed by atoms with Crippen LogP contribution in [0.3, 0.4) is 0 Å². The number of rotatable bonds is 5. The van der Waals surface area contributed by atoms with Crippen molar-refractivity contribution in [1.29, 1.82) is 0 Å². The number of hydrogen-bond donors (Lipinski definition) is 1. The van der Waals surface area contributed by atoms with E-state index in [2.05, 4.69) is 15.9 Å². The fraction of sp³-hybridized carbons (Fsp3) is 0.0588. The molecule has 6 heteroatoms. The molecule has 40 heavy (non-hydrogen) atoms. The molecule has 2 aromatic heterocycles. The van der Waals surface area contributed by atoms with E-state index in [1.54, 1.807) is 18.2 Å². The van der Waals surface area contributed by atoms with Crippen LogP contribution in [0.5, 0.6) is 5.75 Å². The molecule has 0 unspecified atom stereocenters. The van der Waals surface area contributed by atoms with Gasteiger partial charge in [0.05, 0.1) is 23.7 Å². The van der Waals surface area contributed by atoms with E-state index in [1.807, 2.05) is 96.3 Å². The minimum absolute atomic E-state index is 0.0405. The van der Waals surface area contributed by atoms with E-state index in [0.29, 0.717) is 32.1 Å². The number of methoxy groups -OCH3 is 1. The molecule has 0 saturated carbocycles. The molecule has 0 fully saturated rings. The Kier molecular flexibility index (Phi) is 6.48. The maximum atomic E-state index is 13.8. The molecule has 0 atom stereocenters. The molecule has 0 aliphatic heterocycles. The highest BCUT2D eigenvalue weighted by atomic mass is 79.9. The molecule has 0 spiro atoms. The fourth-order valence-corrected chi connectivity index (χ4v) is 5.79. The number of fused-ring (bicyclic) bond motifs is 5. The maximum Gasteiger partial charge on any atom is 0.343 e. The predicted octanol–water partition coefficient (Wildman–Crippen LogP) is 8.12. The van der Waals surface area contributed by atoms with Crippen LogP contribution in [0.15, 0.2) is 108 Å². The molecule has 0 aliphatic carbocycles. The summed E-state index contributed by atoms with van der Waals surface area (Å²) in [6.07, 6.45) is 1.61. The molecule has 4 aromatic carbocycles. The molecular weight excluding hydrogens is 566 g/mol. The predicted molar refractivity (Wildman–Crippen MR) is 162 cm³/mol. The van der Waals surface area contributed by atoms with Gasteiger partial charge >= 0.3 is 5.97 Å². The number of carbonyl (C=O) groups is 2. The molecule has 5 nitrogen and oxygen atoms in total. The lowest BCUT2D eigenvalue weighted by molar-refractivity contribution is 0.0599. The number of hydrogen-bond acceptors (Lipinski definition) is 4. The number of ketones is 1. The first-order valence-corrected chi connectivity index (χ1v) is 13.5. The first-order chi connectivity index (χ1) is 19.4. The van der Waals surface area contributed by atoms with Crippen LogP contribution in [0, 0.1) is 6.92 Å². The molecular formula is C34H24BrNO4. The van der Waals surface area contributed by atoms with Crippen LogP contribution in [0.1, 0.15) is 37.4 Å². The van der Waals surface area contributed by atoms with Crippen molar-refractivity contribution in [3.8, 4) is 5.75 Å². The first kappa shape index (κ1) is 25.6. The van der Waals surface area contributed by atoms with Gasteiger partial charge in [-0.05, 0) is 54.5 Å². The van der Waals surface area contributed by atoms with Gasteiger partial charge in [-0.1, -0.05) is 88.2 Å². The second-order valence-corrected chi connectivity index (χ2v) is 10.4. The van der Waals surface area contributed by atoms with Gasteiger partial charge in [0, 0.05) is 26.4 Å². The Labute approximate surface area is 239 Å². The molecule has 0 amide bonds. The number of benzene rings is 4. The molecule has 2 heterocycles. The highest BCUT2D eigenvalue weighted by Gasteiger charge is 2.28. The van der Waals surface area contributed by atoms with Crippen molar-refractivity contribution in [1.82, 2.24) is 4.40 Å². The van der Waals surface area contributed by atoms with Crippen molar-refractivity contribution < 1.29 is 19.4 Å². The zero-order valence-corrected chi connectivity index (χ0v) is 23.4. The van der Waals surface area contributed by atoms with E-state index in [1.165, 1.54) is 7.11 Å². The smallest absolute Gasteiger partial charge is 0.343 e. The second kappa shape index (κ2) is 10.1. The Bertz CT molecular complexity index is 2000. The van der Waals surface area contributed by atoms with Gasteiger partial charge in [-0.2, -0.15) is 0 Å². The Balaban J connectivity index is 1.82. The van der Waals surface area contributed by atoms with E-state index in [-0.39, 0.29) is 17.1 Å². The lowest BCUT2D eigenvalue weighted by atomic mass is 9.92. The zero-order chi connectivity index (χ0) is 28.0. The summed E-state index contributed by atoms with van der Waals surface area (Å²) in [7, 11) is 1.29. The summed E-state index contributed by atoms with van der Waals surface area (Å²) in [6.45, 7) is 2.00. The number of para-hydroxylation sites is 2. The van der Waals surface area contributed by atoms with Crippen molar-refractivity contribution in [2.75, 3.05) is 7.11 Å². The van der Waals surface area contributed by atoms with E-state index in [9.17, 15) is 14.7 Å². The fourth-order valence-electron chi connectivity index (χ4n) is 5.31. The van der Waals surface area contributed by atoms with Crippen LogP contribution in [0.2, 0.25) is 0 Å². The van der Waals surface area contributed by atoms with E-state index in [4.69, 9.17) is 4.74 Å². The number of halogens is 1. The van der Waals surface area contributed by atoms with Gasteiger partial charge in [-0.3, -0.25) is 4.79 Å². The minimum Gasteiger partial charge on any atom is -0.506 e. The summed E-state index contributed by atoms with van der Waals surface area (Å²) < 4.78 is 7.84. The van der Waals surface area contributed by atoms with Crippen molar-refractivity contribution in [2.45, 2.75) is 6.92 Å². The average Bonchev–Trinajstić information content (AvgIpc) is 3.31. The summed E-state index contributed by atoms with van der Waals surface area (Å²) in [5.41, 5.74) is 5.74. The van der Waals surface area contributed by atoms with Gasteiger partial charge < -0.3 is 14.2 Å². The number of carbonyl (C=O) groups excluding carboxylic acids is 2. The zero-order valence-electron chi connectivity index (χ0n) is 21.8. The summed E-state index contributed by atoms with van der Waals surface area (Å²) in [6, 6.07) is 30.4. The van der Waals surface area contributed by atoms with E-state index in [0.717, 1.165) is 27.5 Å². The molecule has 6 rings (SSSR count). The quantitative estimate of drug-likeness (QED) is 0.125. The third kappa shape index (κ3) is 4.08. The molecule has 0 saturated heterocycles. The number of esters is 1. The molecule has 6 aromatic rings. The average molecular weight is 590 g/mol. The SMILES string of the molecule is COC(=O)c1c(O)c2ccccc2n2c1c(/C(=C\C(=O)c1ccccc1Br)c1ccc(C)cc1)c1ccccc12. The number of aromatic hydroxyl groups is 1. The van der Waals surface area contributed by atoms with Crippen LogP contribution >= 0.6 is 15.9 Å². The second-order valence-electron chi connectivity index (χ2n) is 9.58. The van der Waals surface area contributed by atoms with Crippen molar-refractivity contribution >= 4 is 60.6 Å². The number of nitrogens with zero attached hydrogens (tertiary/aromatic N) is 1. The van der Waals surface area contributed by atoms with E-state index < -0.39 is 5.97 Å². The number of aryl methyl sites for hydroxylation is 1. The highest BCUT2D eigenvalue weighted by molar-refractivity contribution is 9.10. The summed E-state index contributed by atoms with van der Waals surface area (Å²) in [5, 5.41) is 12.8. The van der Waals surface area contributed by atoms with Gasteiger partial charge in [0.15, 0.2) is 5.78 Å². The Morgan fingerprint density at radius 1 is 0.800 bits per heavy atom. The van der Waals surface area contributed by atoms with Gasteiger partial charge in [-0.25, -0.2) is 4.79 Å². The Hall–Kier alpha value is -4.68. The van der Waals surface area contributed by atoms with Crippen molar-refractivity contribution in [2.24, 2.45) is 0 Å². The van der Waals surface area contributed by atoms with Crippen LogP contribution in [-0.2, 0) is 4.74 Å². The van der Waals surface area contributed by atoms with E-state index >= 15 is 0 Å². The lowest BCUT2D eigenvalue weighted by Crippen LogP contribution is -2.07. The molecule has 1 N–H and O–H groups in total. The van der Waals surface area contributed by atoms with Crippen molar-refractivity contribution in [3.05, 3.63) is 135 Å². The standard InChI is InChI=1S/C34H24BrNO4/c1-20-15-17-21(18-16-20)25(19-29(37)22-9-3-6-12-26(22)35)30-23-10-4-7-13-27(23)36-28-14-8-5-11-24(28)33(38)31(32(30)36)34(39)40-2/h3-19,38H,1-2H3/b25-19-. The summed E-state index contributed by atoms with van der Waals surface area (Å²) in [4.78, 5) is 27.1. The largest absolute Gasteiger partial charge is 0.506 e. The van der Waals surface area contributed by atoms with Gasteiger partial charge in [0.2, 0.25) is 0 Å². The summed E-state index contributed by atoms with van der Waals surface area (Å²) in [5.74, 6) is -1.03. The third-order valence-electron chi connectivity index (χ3n) is 7.18. The Morgan fingerprint density at radius 2 is 1.40 bits per heavy atom. The van der Waals surface area contributed by atoms with Crippen molar-refractivity contribution in [3.63, 3.8) is 0 Å². The topological polar surface area (TPSA) is 68.0 Å². The molecule has 196 valence electrons. The molecule has 0 bridgehead atoms. The molecule has 0 radical (unpaired) electrons. The normalized spacial score (nSPS) is 11.8. The Morgan fingerprint density at radius 3 is 2.08 bits per heavy atom. The third-order valence-corrected chi connectivity index (χ3v) is 7.88. The molecule has 0 aliphatic rings. The number of aromatic nitrogens is 1. The first-order valence-electron chi connectivity index (χ1n) is 12.7. The van der Waals surface area contributed by atoms with Crippen LogP contribution in [0.4, 0.5) is 0 Å². The lowest BCUT2D eigenvalue weighted by Gasteiger charge is -2.15. The van der Waals surface area contributed by atoms with Gasteiger partial charge in [-0.15, -0.1) is 0 Å². The number of allylic oxidation sites excluding steroid dienone is 1. The minimum atomic E-state index is -0.669. The summed E-state index contributed by atoms with van der Waals surface area (Å²) >= 11 is 3.51. The monoisotopic (exact) mass is 589 g/mol. The van der Waals surface area contributed by atoms with Gasteiger partial charge in [0.1, 0.15) is 11.3 Å². The number of pyridine rings is 1. The highest BCUT2D eigenvalue weighted by Crippen LogP contribution is 2.43. The number of ether oxygens (including phenoxy) is 1. The maximum absolute atomic E-state index is 13.8. The van der Waals surface area contributed by atoms with Crippen LogP contribution in [-0.4, -0.2) is 28.4 Å².